The quantitative estimate of drug-likeness (QED) is 0.922. The van der Waals surface area contributed by atoms with Crippen LogP contribution in [0, 0.1) is 6.92 Å². The van der Waals surface area contributed by atoms with Crippen molar-refractivity contribution in [2.24, 2.45) is 0 Å². The number of aryl methyl sites for hydroxylation is 2. The number of alkyl halides is 3. The number of aromatic nitrogens is 2. The minimum absolute atomic E-state index is 0.210. The van der Waals surface area contributed by atoms with Gasteiger partial charge in [-0.15, -0.1) is 13.2 Å². The molecular formula is C14H14F3N3O2. The van der Waals surface area contributed by atoms with E-state index in [1.165, 1.54) is 12.1 Å². The van der Waals surface area contributed by atoms with Crippen molar-refractivity contribution in [2.75, 3.05) is 5.32 Å². The molecule has 1 aromatic heterocycles. The lowest BCUT2D eigenvalue weighted by molar-refractivity contribution is -0.274. The standard InChI is InChI=1S/C14H14F3N3O2/c1-10-6-8-20(19-10)9-7-13(21)18-11-2-4-12(5-3-11)22-14(15,16)17/h2-6,8H,7,9H2,1H3,(H,18,21). The highest BCUT2D eigenvalue weighted by atomic mass is 19.4. The maximum absolute atomic E-state index is 12.0. The zero-order valence-corrected chi connectivity index (χ0v) is 11.7. The Morgan fingerprint density at radius 3 is 2.50 bits per heavy atom. The van der Waals surface area contributed by atoms with Gasteiger partial charge in [0.05, 0.1) is 5.69 Å². The summed E-state index contributed by atoms with van der Waals surface area (Å²) in [5, 5.41) is 6.74. The zero-order chi connectivity index (χ0) is 16.2. The van der Waals surface area contributed by atoms with E-state index in [4.69, 9.17) is 0 Å². The summed E-state index contributed by atoms with van der Waals surface area (Å²) < 4.78 is 41.4. The molecule has 8 heteroatoms. The van der Waals surface area contributed by atoms with Gasteiger partial charge in [-0.2, -0.15) is 5.10 Å². The van der Waals surface area contributed by atoms with Crippen molar-refractivity contribution in [3.05, 3.63) is 42.2 Å². The number of nitrogens with one attached hydrogen (secondary N) is 1. The van der Waals surface area contributed by atoms with Gasteiger partial charge >= 0.3 is 6.36 Å². The van der Waals surface area contributed by atoms with Crippen LogP contribution in [0.5, 0.6) is 5.75 Å². The topological polar surface area (TPSA) is 56.2 Å². The molecule has 1 amide bonds. The van der Waals surface area contributed by atoms with Crippen LogP contribution in [0.4, 0.5) is 18.9 Å². The normalized spacial score (nSPS) is 11.3. The summed E-state index contributed by atoms with van der Waals surface area (Å²) >= 11 is 0. The van der Waals surface area contributed by atoms with E-state index in [-0.39, 0.29) is 18.1 Å². The molecule has 2 rings (SSSR count). The summed E-state index contributed by atoms with van der Waals surface area (Å²) in [7, 11) is 0. The van der Waals surface area contributed by atoms with Gasteiger partial charge in [0.15, 0.2) is 0 Å². The van der Waals surface area contributed by atoms with Crippen LogP contribution in [0.2, 0.25) is 0 Å². The van der Waals surface area contributed by atoms with Gasteiger partial charge in [-0.3, -0.25) is 9.48 Å². The van der Waals surface area contributed by atoms with Crippen LogP contribution in [0.25, 0.3) is 0 Å². The Balaban J connectivity index is 1.83. The molecule has 0 aliphatic heterocycles. The number of hydrogen-bond donors (Lipinski definition) is 1. The Morgan fingerprint density at radius 1 is 1.27 bits per heavy atom. The molecule has 22 heavy (non-hydrogen) atoms. The molecule has 5 nitrogen and oxygen atoms in total. The van der Waals surface area contributed by atoms with Gasteiger partial charge in [-0.05, 0) is 37.3 Å². The van der Waals surface area contributed by atoms with Gasteiger partial charge in [-0.1, -0.05) is 0 Å². The van der Waals surface area contributed by atoms with Gasteiger partial charge in [0.2, 0.25) is 5.91 Å². The molecule has 1 aromatic carbocycles. The summed E-state index contributed by atoms with van der Waals surface area (Å²) in [6, 6.07) is 6.80. The third-order valence-electron chi connectivity index (χ3n) is 2.71. The number of carbonyl (C=O) groups excluding carboxylic acids is 1. The molecule has 0 aliphatic carbocycles. The Hall–Kier alpha value is -2.51. The first kappa shape index (κ1) is 15.9. The molecule has 0 fully saturated rings. The lowest BCUT2D eigenvalue weighted by Crippen LogP contribution is -2.17. The molecule has 118 valence electrons. The highest BCUT2D eigenvalue weighted by Crippen LogP contribution is 2.23. The van der Waals surface area contributed by atoms with E-state index in [0.717, 1.165) is 17.8 Å². The van der Waals surface area contributed by atoms with Crippen molar-refractivity contribution < 1.29 is 22.7 Å². The fraction of sp³-hybridized carbons (Fsp3) is 0.286. The van der Waals surface area contributed by atoms with E-state index >= 15 is 0 Å². The van der Waals surface area contributed by atoms with Crippen LogP contribution in [0.3, 0.4) is 0 Å². The monoisotopic (exact) mass is 313 g/mol. The lowest BCUT2D eigenvalue weighted by atomic mass is 10.3. The number of hydrogen-bond acceptors (Lipinski definition) is 3. The van der Waals surface area contributed by atoms with Crippen molar-refractivity contribution in [3.8, 4) is 5.75 Å². The smallest absolute Gasteiger partial charge is 0.406 e. The van der Waals surface area contributed by atoms with Gasteiger partial charge in [0.25, 0.3) is 0 Å². The molecule has 0 spiro atoms. The molecule has 0 radical (unpaired) electrons. The van der Waals surface area contributed by atoms with Crippen LogP contribution in [0.1, 0.15) is 12.1 Å². The number of rotatable bonds is 5. The Morgan fingerprint density at radius 2 is 1.95 bits per heavy atom. The SMILES string of the molecule is Cc1ccn(CCC(=O)Nc2ccc(OC(F)(F)F)cc2)n1. The van der Waals surface area contributed by atoms with E-state index in [2.05, 4.69) is 15.2 Å². The number of anilines is 1. The average molecular weight is 313 g/mol. The first-order chi connectivity index (χ1) is 10.3. The summed E-state index contributed by atoms with van der Waals surface area (Å²) in [6.07, 6.45) is -2.75. The summed E-state index contributed by atoms with van der Waals surface area (Å²) in [5.41, 5.74) is 1.26. The number of halogens is 3. The minimum Gasteiger partial charge on any atom is -0.406 e. The maximum Gasteiger partial charge on any atom is 0.573 e. The van der Waals surface area contributed by atoms with Crippen LogP contribution in [-0.2, 0) is 11.3 Å². The largest absolute Gasteiger partial charge is 0.573 e. The van der Waals surface area contributed by atoms with E-state index < -0.39 is 6.36 Å². The van der Waals surface area contributed by atoms with Gasteiger partial charge in [0.1, 0.15) is 5.75 Å². The van der Waals surface area contributed by atoms with Crippen molar-refractivity contribution in [1.29, 1.82) is 0 Å². The highest BCUT2D eigenvalue weighted by Gasteiger charge is 2.30. The van der Waals surface area contributed by atoms with Crippen LogP contribution in [-0.4, -0.2) is 22.1 Å². The molecule has 0 aliphatic rings. The van der Waals surface area contributed by atoms with Gasteiger partial charge in [0, 0.05) is 24.8 Å². The summed E-state index contributed by atoms with van der Waals surface area (Å²) in [5.74, 6) is -0.588. The second-order valence-electron chi connectivity index (χ2n) is 4.59. The summed E-state index contributed by atoms with van der Waals surface area (Å²) in [4.78, 5) is 11.7. The average Bonchev–Trinajstić information content (AvgIpc) is 2.83. The van der Waals surface area contributed by atoms with E-state index in [0.29, 0.717) is 12.2 Å². The predicted octanol–water partition coefficient (Wildman–Crippen LogP) is 3.12. The van der Waals surface area contributed by atoms with E-state index in [9.17, 15) is 18.0 Å². The fourth-order valence-electron chi connectivity index (χ4n) is 1.77. The minimum atomic E-state index is -4.73. The van der Waals surface area contributed by atoms with Gasteiger partial charge < -0.3 is 10.1 Å². The van der Waals surface area contributed by atoms with Crippen LogP contribution >= 0.6 is 0 Å². The zero-order valence-electron chi connectivity index (χ0n) is 11.7. The van der Waals surface area contributed by atoms with Crippen LogP contribution in [0.15, 0.2) is 36.5 Å². The Kier molecular flexibility index (Phi) is 4.69. The van der Waals surface area contributed by atoms with Gasteiger partial charge in [-0.25, -0.2) is 0 Å². The first-order valence-corrected chi connectivity index (χ1v) is 6.47. The third-order valence-corrected chi connectivity index (χ3v) is 2.71. The highest BCUT2D eigenvalue weighted by molar-refractivity contribution is 5.90. The predicted molar refractivity (Wildman–Crippen MR) is 73.3 cm³/mol. The number of carbonyl (C=O) groups is 1. The number of ether oxygens (including phenoxy) is 1. The molecule has 0 saturated carbocycles. The molecule has 0 bridgehead atoms. The van der Waals surface area contributed by atoms with Crippen molar-refractivity contribution in [2.45, 2.75) is 26.3 Å². The third kappa shape index (κ3) is 5.12. The van der Waals surface area contributed by atoms with Crippen molar-refractivity contribution >= 4 is 11.6 Å². The number of amides is 1. The molecule has 0 saturated heterocycles. The lowest BCUT2D eigenvalue weighted by Gasteiger charge is -2.10. The van der Waals surface area contributed by atoms with E-state index in [1.54, 1.807) is 10.9 Å². The second-order valence-corrected chi connectivity index (χ2v) is 4.59. The summed E-state index contributed by atoms with van der Waals surface area (Å²) in [6.45, 7) is 2.27. The Bertz CT molecular complexity index is 636. The fourth-order valence-corrected chi connectivity index (χ4v) is 1.77. The molecule has 0 unspecified atom stereocenters. The molecular weight excluding hydrogens is 299 g/mol. The number of nitrogens with zero attached hydrogens (tertiary/aromatic N) is 2. The van der Waals surface area contributed by atoms with Crippen LogP contribution < -0.4 is 10.1 Å². The van der Waals surface area contributed by atoms with Crippen molar-refractivity contribution in [3.63, 3.8) is 0 Å². The molecule has 2 aromatic rings. The molecule has 1 N–H and O–H groups in total. The van der Waals surface area contributed by atoms with Crippen molar-refractivity contribution in [1.82, 2.24) is 9.78 Å². The Labute approximate surface area is 124 Å². The number of benzene rings is 1. The first-order valence-electron chi connectivity index (χ1n) is 6.47. The molecule has 1 heterocycles. The van der Waals surface area contributed by atoms with E-state index in [1.807, 2.05) is 13.0 Å². The second kappa shape index (κ2) is 6.50. The maximum atomic E-state index is 12.0. The molecule has 0 atom stereocenters.